The summed E-state index contributed by atoms with van der Waals surface area (Å²) >= 11 is 0. The normalized spacial score (nSPS) is 17.1. The zero-order valence-electron chi connectivity index (χ0n) is 22.4. The second-order valence-corrected chi connectivity index (χ2v) is 10.6. The number of benzene rings is 4. The molecule has 4 heteroatoms. The van der Waals surface area contributed by atoms with Gasteiger partial charge in [0.25, 0.3) is 0 Å². The second kappa shape index (κ2) is 12.0. The van der Waals surface area contributed by atoms with E-state index in [2.05, 4.69) is 19.1 Å². The Bertz CT molecular complexity index is 1390. The minimum atomic E-state index is -0.774. The molecule has 0 radical (unpaired) electrons. The first-order valence-corrected chi connectivity index (χ1v) is 13.2. The summed E-state index contributed by atoms with van der Waals surface area (Å²) in [5.41, 5.74) is 5.17. The molecule has 0 saturated heterocycles. The Balaban J connectivity index is 0.000000220. The van der Waals surface area contributed by atoms with E-state index in [0.717, 1.165) is 17.0 Å². The lowest BCUT2D eigenvalue weighted by Crippen LogP contribution is -2.10. The molecule has 0 spiro atoms. The molecular weight excluding hydrogens is 484 g/mol. The summed E-state index contributed by atoms with van der Waals surface area (Å²) in [4.78, 5) is 0. The third-order valence-corrected chi connectivity index (χ3v) is 7.62. The first-order chi connectivity index (χ1) is 18.2. The first-order valence-electron chi connectivity index (χ1n) is 13.2. The molecule has 0 amide bonds. The standard InChI is InChI=1S/C20H22F2.C14H12F2.H2/c1-13-3-6-15(7-4-13)16-8-10-17(11-9-16)18-12-5-14(2)19(21)20(18)22;1-9-3-6-11(7-4-9)12-8-5-10(2)13(15)14(12)16;/h5,8-13,15H,3-4,6-7H2,1-2H3;3-8H,1-2H3;1H. The summed E-state index contributed by atoms with van der Waals surface area (Å²) in [6.45, 7) is 7.40. The first kappa shape index (κ1) is 27.6. The third kappa shape index (κ3) is 6.18. The van der Waals surface area contributed by atoms with Crippen LogP contribution in [0.5, 0.6) is 0 Å². The van der Waals surface area contributed by atoms with Crippen molar-refractivity contribution in [1.82, 2.24) is 0 Å². The molecule has 38 heavy (non-hydrogen) atoms. The van der Waals surface area contributed by atoms with Gasteiger partial charge in [-0.05, 0) is 73.3 Å². The van der Waals surface area contributed by atoms with Gasteiger partial charge in [-0.1, -0.05) is 98.1 Å². The highest BCUT2D eigenvalue weighted by atomic mass is 19.2. The molecule has 1 aliphatic rings. The Hall–Kier alpha value is -3.40. The zero-order chi connectivity index (χ0) is 27.4. The van der Waals surface area contributed by atoms with Crippen LogP contribution in [0.15, 0.2) is 72.8 Å². The summed E-state index contributed by atoms with van der Waals surface area (Å²) in [7, 11) is 0. The number of halogens is 4. The Morgan fingerprint density at radius 2 is 0.947 bits per heavy atom. The van der Waals surface area contributed by atoms with Gasteiger partial charge in [0.2, 0.25) is 0 Å². The van der Waals surface area contributed by atoms with Crippen molar-refractivity contribution >= 4 is 0 Å². The molecule has 1 fully saturated rings. The Kier molecular flexibility index (Phi) is 8.71. The largest absolute Gasteiger partial charge is 0.203 e. The van der Waals surface area contributed by atoms with Crippen LogP contribution in [0, 0.1) is 50.0 Å². The lowest BCUT2D eigenvalue weighted by molar-refractivity contribution is 0.348. The minimum Gasteiger partial charge on any atom is -0.203 e. The van der Waals surface area contributed by atoms with E-state index in [4.69, 9.17) is 0 Å². The van der Waals surface area contributed by atoms with Gasteiger partial charge in [0, 0.05) is 12.6 Å². The smallest absolute Gasteiger partial charge is 0.166 e. The molecule has 1 aliphatic carbocycles. The van der Waals surface area contributed by atoms with E-state index in [1.807, 2.05) is 31.2 Å². The van der Waals surface area contributed by atoms with Crippen molar-refractivity contribution in [3.05, 3.63) is 118 Å². The quantitative estimate of drug-likeness (QED) is 0.236. The summed E-state index contributed by atoms with van der Waals surface area (Å²) in [5, 5.41) is 0. The van der Waals surface area contributed by atoms with Crippen LogP contribution in [0.25, 0.3) is 22.3 Å². The molecule has 4 aromatic carbocycles. The molecule has 0 atom stereocenters. The van der Waals surface area contributed by atoms with Crippen molar-refractivity contribution in [2.24, 2.45) is 5.92 Å². The third-order valence-electron chi connectivity index (χ3n) is 7.62. The Labute approximate surface area is 224 Å². The lowest BCUT2D eigenvalue weighted by Gasteiger charge is -2.26. The van der Waals surface area contributed by atoms with E-state index in [-0.39, 0.29) is 1.43 Å². The molecule has 0 aliphatic heterocycles. The highest BCUT2D eigenvalue weighted by Crippen LogP contribution is 2.36. The fourth-order valence-electron chi connectivity index (χ4n) is 5.00. The van der Waals surface area contributed by atoms with Crippen LogP contribution in [0.3, 0.4) is 0 Å². The van der Waals surface area contributed by atoms with Crippen LogP contribution in [-0.2, 0) is 0 Å². The van der Waals surface area contributed by atoms with Gasteiger partial charge in [0.15, 0.2) is 23.3 Å². The van der Waals surface area contributed by atoms with E-state index in [9.17, 15) is 17.6 Å². The van der Waals surface area contributed by atoms with Crippen LogP contribution in [0.1, 0.15) is 62.2 Å². The number of hydrogen-bond donors (Lipinski definition) is 0. The van der Waals surface area contributed by atoms with E-state index in [1.165, 1.54) is 31.2 Å². The van der Waals surface area contributed by atoms with Crippen LogP contribution in [0.2, 0.25) is 0 Å². The van der Waals surface area contributed by atoms with Crippen molar-refractivity contribution in [2.45, 2.75) is 59.3 Å². The molecule has 0 nitrogen and oxygen atoms in total. The number of aryl methyl sites for hydroxylation is 3. The lowest BCUT2D eigenvalue weighted by atomic mass is 9.79. The van der Waals surface area contributed by atoms with Gasteiger partial charge in [-0.15, -0.1) is 0 Å². The van der Waals surface area contributed by atoms with Crippen molar-refractivity contribution in [3.8, 4) is 22.3 Å². The molecule has 1 saturated carbocycles. The van der Waals surface area contributed by atoms with Crippen LogP contribution in [0.4, 0.5) is 17.6 Å². The average molecular weight is 521 g/mol. The SMILES string of the molecule is Cc1ccc(-c2ccc(C)c(F)c2F)cc1.Cc1ccc(-c2ccc(C3CCC(C)CC3)cc2)c(F)c1F.[HH]. The minimum absolute atomic E-state index is 0. The molecule has 0 bridgehead atoms. The van der Waals surface area contributed by atoms with Gasteiger partial charge >= 0.3 is 0 Å². The molecular formula is C34H36F4. The summed E-state index contributed by atoms with van der Waals surface area (Å²) in [5.74, 6) is -1.59. The van der Waals surface area contributed by atoms with Gasteiger partial charge in [0.05, 0.1) is 0 Å². The number of rotatable bonds is 3. The van der Waals surface area contributed by atoms with Gasteiger partial charge < -0.3 is 0 Å². The van der Waals surface area contributed by atoms with E-state index >= 15 is 0 Å². The van der Waals surface area contributed by atoms with Crippen molar-refractivity contribution in [1.29, 1.82) is 0 Å². The molecule has 0 N–H and O–H groups in total. The van der Waals surface area contributed by atoms with Gasteiger partial charge in [-0.25, -0.2) is 17.6 Å². The zero-order valence-corrected chi connectivity index (χ0v) is 22.4. The Morgan fingerprint density at radius 3 is 1.39 bits per heavy atom. The van der Waals surface area contributed by atoms with Crippen molar-refractivity contribution < 1.29 is 19.0 Å². The Morgan fingerprint density at radius 1 is 0.526 bits per heavy atom. The highest BCUT2D eigenvalue weighted by Gasteiger charge is 2.20. The maximum atomic E-state index is 14.1. The maximum absolute atomic E-state index is 14.1. The molecule has 0 unspecified atom stereocenters. The van der Waals surface area contributed by atoms with Crippen LogP contribution >= 0.6 is 0 Å². The van der Waals surface area contributed by atoms with E-state index in [0.29, 0.717) is 33.7 Å². The van der Waals surface area contributed by atoms with Gasteiger partial charge in [0.1, 0.15) is 0 Å². The monoisotopic (exact) mass is 520 g/mol. The number of hydrogen-bond acceptors (Lipinski definition) is 0. The average Bonchev–Trinajstić information content (AvgIpc) is 2.92. The molecule has 0 aromatic heterocycles. The fourth-order valence-corrected chi connectivity index (χ4v) is 5.00. The van der Waals surface area contributed by atoms with Gasteiger partial charge in [-0.2, -0.15) is 0 Å². The van der Waals surface area contributed by atoms with Crippen molar-refractivity contribution in [2.75, 3.05) is 0 Å². The molecule has 4 aromatic rings. The van der Waals surface area contributed by atoms with Crippen LogP contribution < -0.4 is 0 Å². The fraction of sp³-hybridized carbons (Fsp3) is 0.294. The summed E-state index contributed by atoms with van der Waals surface area (Å²) < 4.78 is 54.8. The predicted octanol–water partition coefficient (Wildman–Crippen LogP) is 10.7. The highest BCUT2D eigenvalue weighted by molar-refractivity contribution is 5.66. The second-order valence-electron chi connectivity index (χ2n) is 10.6. The maximum Gasteiger partial charge on any atom is 0.166 e. The van der Waals surface area contributed by atoms with E-state index in [1.54, 1.807) is 50.2 Å². The van der Waals surface area contributed by atoms with Crippen molar-refractivity contribution in [3.63, 3.8) is 0 Å². The molecule has 5 rings (SSSR count). The summed E-state index contributed by atoms with van der Waals surface area (Å²) in [6, 6.07) is 21.8. The molecule has 0 heterocycles. The topological polar surface area (TPSA) is 0 Å². The van der Waals surface area contributed by atoms with Crippen LogP contribution in [-0.4, -0.2) is 0 Å². The van der Waals surface area contributed by atoms with Gasteiger partial charge in [-0.3, -0.25) is 0 Å². The van der Waals surface area contributed by atoms with E-state index < -0.39 is 23.3 Å². The predicted molar refractivity (Wildman–Crippen MR) is 150 cm³/mol. The molecule has 200 valence electrons. The summed E-state index contributed by atoms with van der Waals surface area (Å²) in [6.07, 6.45) is 5.02.